The molecule has 0 saturated heterocycles. The lowest BCUT2D eigenvalue weighted by Gasteiger charge is -2.28. The highest BCUT2D eigenvalue weighted by molar-refractivity contribution is 6.47. The Morgan fingerprint density at radius 2 is 1.92 bits per heavy atom. The van der Waals surface area contributed by atoms with Crippen molar-refractivity contribution < 1.29 is 14.0 Å². The minimum Gasteiger partial charge on any atom is -0.324 e. The van der Waals surface area contributed by atoms with E-state index in [9.17, 15) is 14.0 Å². The fourth-order valence-corrected chi connectivity index (χ4v) is 2.86. The van der Waals surface area contributed by atoms with Gasteiger partial charge in [-0.15, -0.1) is 0 Å². The molecule has 0 spiro atoms. The highest BCUT2D eigenvalue weighted by atomic mass is 35.5. The molecular formula is C19H17ClFN3O2. The third kappa shape index (κ3) is 3.75. The number of amides is 2. The number of halogens is 2. The van der Waals surface area contributed by atoms with E-state index in [1.54, 1.807) is 44.2 Å². The van der Waals surface area contributed by atoms with Gasteiger partial charge in [0.2, 0.25) is 5.91 Å². The van der Waals surface area contributed by atoms with Gasteiger partial charge in [0.25, 0.3) is 5.91 Å². The van der Waals surface area contributed by atoms with Gasteiger partial charge in [0.15, 0.2) is 0 Å². The van der Waals surface area contributed by atoms with Gasteiger partial charge in [0.1, 0.15) is 23.7 Å². The van der Waals surface area contributed by atoms with E-state index in [2.05, 4.69) is 10.3 Å². The highest BCUT2D eigenvalue weighted by Gasteiger charge is 2.41. The summed E-state index contributed by atoms with van der Waals surface area (Å²) in [4.78, 5) is 30.9. The number of nitrogens with one attached hydrogen (secondary N) is 1. The van der Waals surface area contributed by atoms with E-state index in [1.807, 2.05) is 0 Å². The second kappa shape index (κ2) is 6.88. The minimum atomic E-state index is -0.870. The van der Waals surface area contributed by atoms with Crippen LogP contribution in [0.3, 0.4) is 0 Å². The summed E-state index contributed by atoms with van der Waals surface area (Å²) in [5, 5.41) is 3.15. The molecule has 0 aromatic heterocycles. The smallest absolute Gasteiger partial charge is 0.275 e. The summed E-state index contributed by atoms with van der Waals surface area (Å²) in [5.74, 6) is -1.22. The van der Waals surface area contributed by atoms with E-state index in [0.29, 0.717) is 16.3 Å². The number of hydrogen-bond acceptors (Lipinski definition) is 3. The van der Waals surface area contributed by atoms with Crippen molar-refractivity contribution in [2.75, 3.05) is 11.9 Å². The lowest BCUT2D eigenvalue weighted by molar-refractivity contribution is -0.131. The predicted octanol–water partition coefficient (Wildman–Crippen LogP) is 3.49. The first-order valence-corrected chi connectivity index (χ1v) is 8.37. The van der Waals surface area contributed by atoms with Crippen molar-refractivity contribution in [3.8, 4) is 0 Å². The molecule has 5 nitrogen and oxygen atoms in total. The van der Waals surface area contributed by atoms with E-state index < -0.39 is 17.4 Å². The van der Waals surface area contributed by atoms with Crippen LogP contribution >= 0.6 is 11.6 Å². The zero-order valence-corrected chi connectivity index (χ0v) is 15.0. The van der Waals surface area contributed by atoms with Gasteiger partial charge in [0.05, 0.1) is 0 Å². The van der Waals surface area contributed by atoms with Crippen molar-refractivity contribution in [2.45, 2.75) is 19.5 Å². The van der Waals surface area contributed by atoms with Crippen LogP contribution in [0, 0.1) is 5.82 Å². The quantitative estimate of drug-likeness (QED) is 0.891. The molecule has 7 heteroatoms. The fraction of sp³-hybridized carbons (Fsp3) is 0.211. The molecule has 1 aliphatic rings. The molecule has 134 valence electrons. The normalized spacial score (nSPS) is 15.8. The Morgan fingerprint density at radius 1 is 1.23 bits per heavy atom. The van der Waals surface area contributed by atoms with Gasteiger partial charge < -0.3 is 10.2 Å². The van der Waals surface area contributed by atoms with Crippen LogP contribution in [0.5, 0.6) is 0 Å². The lowest BCUT2D eigenvalue weighted by atomic mass is 10.1. The molecule has 3 rings (SSSR count). The molecule has 0 saturated carbocycles. The van der Waals surface area contributed by atoms with E-state index in [-0.39, 0.29) is 18.2 Å². The van der Waals surface area contributed by atoms with Crippen LogP contribution < -0.4 is 5.32 Å². The number of aliphatic imine (C=N–C) groups is 1. The molecule has 26 heavy (non-hydrogen) atoms. The molecule has 1 N–H and O–H groups in total. The number of carbonyl (C=O) groups excluding carboxylic acids is 2. The van der Waals surface area contributed by atoms with Crippen molar-refractivity contribution in [2.24, 2.45) is 4.99 Å². The summed E-state index contributed by atoms with van der Waals surface area (Å²) < 4.78 is 13.2. The first-order valence-electron chi connectivity index (χ1n) is 7.99. The number of hydrogen-bond donors (Lipinski definition) is 1. The molecular weight excluding hydrogens is 357 g/mol. The lowest BCUT2D eigenvalue weighted by Crippen LogP contribution is -2.46. The Labute approximate surface area is 155 Å². The molecule has 0 atom stereocenters. The summed E-state index contributed by atoms with van der Waals surface area (Å²) >= 11 is 5.88. The maximum atomic E-state index is 13.2. The van der Waals surface area contributed by atoms with Gasteiger partial charge in [0, 0.05) is 16.3 Å². The van der Waals surface area contributed by atoms with E-state index in [1.165, 1.54) is 23.1 Å². The molecule has 2 aromatic rings. The maximum Gasteiger partial charge on any atom is 0.275 e. The number of benzene rings is 2. The van der Waals surface area contributed by atoms with Crippen LogP contribution in [-0.2, 0) is 9.59 Å². The first kappa shape index (κ1) is 18.1. The zero-order valence-electron chi connectivity index (χ0n) is 14.3. The number of anilines is 1. The Morgan fingerprint density at radius 3 is 2.58 bits per heavy atom. The molecule has 0 unspecified atom stereocenters. The Kier molecular flexibility index (Phi) is 4.78. The third-order valence-electron chi connectivity index (χ3n) is 4.02. The molecule has 0 aliphatic carbocycles. The monoisotopic (exact) mass is 373 g/mol. The SMILES string of the molecule is CC1(C)N=C(c2ccc(Cl)cc2)C(=O)N1CC(=O)Nc1cccc(F)c1. The van der Waals surface area contributed by atoms with Crippen LogP contribution in [0.1, 0.15) is 19.4 Å². The van der Waals surface area contributed by atoms with E-state index in [0.717, 1.165) is 0 Å². The average molecular weight is 374 g/mol. The summed E-state index contributed by atoms with van der Waals surface area (Å²) in [6.45, 7) is 3.31. The second-order valence-corrected chi connectivity index (χ2v) is 6.85. The zero-order chi connectivity index (χ0) is 18.9. The first-order chi connectivity index (χ1) is 12.3. The van der Waals surface area contributed by atoms with Crippen LogP contribution in [0.4, 0.5) is 10.1 Å². The van der Waals surface area contributed by atoms with Crippen LogP contribution in [0.2, 0.25) is 5.02 Å². The molecule has 2 aromatic carbocycles. The molecule has 0 radical (unpaired) electrons. The van der Waals surface area contributed by atoms with Crippen molar-refractivity contribution in [1.29, 1.82) is 0 Å². The minimum absolute atomic E-state index is 0.192. The Hall–Kier alpha value is -2.73. The number of rotatable bonds is 4. The standard InChI is InChI=1S/C19H17ClFN3O2/c1-19(2)23-17(12-6-8-13(20)9-7-12)18(26)24(19)11-16(25)22-15-5-3-4-14(21)10-15/h3-10H,11H2,1-2H3,(H,22,25). The van der Waals surface area contributed by atoms with Crippen molar-refractivity contribution >= 4 is 34.8 Å². The largest absolute Gasteiger partial charge is 0.324 e. The fourth-order valence-electron chi connectivity index (χ4n) is 2.73. The van der Waals surface area contributed by atoms with Gasteiger partial charge in [-0.2, -0.15) is 0 Å². The summed E-state index contributed by atoms with van der Waals surface area (Å²) in [6, 6.07) is 12.4. The summed E-state index contributed by atoms with van der Waals surface area (Å²) in [6.07, 6.45) is 0. The van der Waals surface area contributed by atoms with Crippen molar-refractivity contribution in [3.05, 3.63) is 64.9 Å². The van der Waals surface area contributed by atoms with Crippen molar-refractivity contribution in [3.63, 3.8) is 0 Å². The Balaban J connectivity index is 1.75. The molecule has 1 aliphatic heterocycles. The van der Waals surface area contributed by atoms with Gasteiger partial charge >= 0.3 is 0 Å². The molecule has 1 heterocycles. The van der Waals surface area contributed by atoms with E-state index in [4.69, 9.17) is 11.6 Å². The second-order valence-electron chi connectivity index (χ2n) is 6.41. The molecule has 0 fully saturated rings. The molecule has 0 bridgehead atoms. The third-order valence-corrected chi connectivity index (χ3v) is 4.27. The maximum absolute atomic E-state index is 13.2. The highest BCUT2D eigenvalue weighted by Crippen LogP contribution is 2.26. The van der Waals surface area contributed by atoms with Gasteiger partial charge in [-0.25, -0.2) is 4.39 Å². The van der Waals surface area contributed by atoms with E-state index >= 15 is 0 Å². The average Bonchev–Trinajstić information content (AvgIpc) is 2.79. The van der Waals surface area contributed by atoms with Crippen LogP contribution in [-0.4, -0.2) is 34.6 Å². The van der Waals surface area contributed by atoms with Gasteiger partial charge in [-0.05, 0) is 44.2 Å². The number of nitrogens with zero attached hydrogens (tertiary/aromatic N) is 2. The predicted molar refractivity (Wildman–Crippen MR) is 98.8 cm³/mol. The van der Waals surface area contributed by atoms with Gasteiger partial charge in [-0.1, -0.05) is 29.8 Å². The van der Waals surface area contributed by atoms with Gasteiger partial charge in [-0.3, -0.25) is 14.6 Å². The topological polar surface area (TPSA) is 61.8 Å². The summed E-state index contributed by atoms with van der Waals surface area (Å²) in [7, 11) is 0. The van der Waals surface area contributed by atoms with Crippen LogP contribution in [0.15, 0.2) is 53.5 Å². The van der Waals surface area contributed by atoms with Crippen LogP contribution in [0.25, 0.3) is 0 Å². The molecule has 2 amide bonds. The van der Waals surface area contributed by atoms with Crippen molar-refractivity contribution in [1.82, 2.24) is 4.90 Å². The Bertz CT molecular complexity index is 894. The number of carbonyl (C=O) groups is 2. The summed E-state index contributed by atoms with van der Waals surface area (Å²) in [5.41, 5.74) is 0.384.